The second-order valence-corrected chi connectivity index (χ2v) is 5.52. The van der Waals surface area contributed by atoms with E-state index in [1.54, 1.807) is 0 Å². The first-order valence-corrected chi connectivity index (χ1v) is 6.73. The van der Waals surface area contributed by atoms with Gasteiger partial charge in [0.2, 0.25) is 0 Å². The summed E-state index contributed by atoms with van der Waals surface area (Å²) in [4.78, 5) is 0. The number of hydrogen-bond acceptors (Lipinski definition) is 2. The highest BCUT2D eigenvalue weighted by Crippen LogP contribution is 2.46. The van der Waals surface area contributed by atoms with E-state index in [-0.39, 0.29) is 0 Å². The van der Waals surface area contributed by atoms with Crippen LogP contribution in [0.5, 0.6) is 0 Å². The summed E-state index contributed by atoms with van der Waals surface area (Å²) < 4.78 is 7.21. The molecule has 2 aromatic rings. The van der Waals surface area contributed by atoms with Crippen molar-refractivity contribution in [1.29, 1.82) is 0 Å². The first-order valence-electron chi connectivity index (χ1n) is 5.65. The molecule has 2 nitrogen and oxygen atoms in total. The van der Waals surface area contributed by atoms with Gasteiger partial charge in [0.15, 0.2) is 0 Å². The maximum Gasteiger partial charge on any atom is 0.147 e. The fraction of sp³-hybridized carbons (Fsp3) is 0.385. The number of benzene rings is 1. The van der Waals surface area contributed by atoms with Crippen LogP contribution in [-0.4, -0.2) is 7.05 Å². The van der Waals surface area contributed by atoms with Crippen molar-refractivity contribution in [3.63, 3.8) is 0 Å². The minimum atomic E-state index is 0.739. The highest BCUT2D eigenvalue weighted by Gasteiger charge is 2.30. The van der Waals surface area contributed by atoms with Gasteiger partial charge in [-0.05, 0) is 54.5 Å². The molecule has 0 aliphatic heterocycles. The molecular formula is C13H14INO. The van der Waals surface area contributed by atoms with Crippen molar-refractivity contribution in [1.82, 2.24) is 5.32 Å². The van der Waals surface area contributed by atoms with Gasteiger partial charge in [-0.1, -0.05) is 12.1 Å². The molecule has 0 unspecified atom stereocenters. The van der Waals surface area contributed by atoms with Crippen molar-refractivity contribution < 1.29 is 4.42 Å². The Morgan fingerprint density at radius 2 is 2.25 bits per heavy atom. The first-order chi connectivity index (χ1) is 7.81. The maximum atomic E-state index is 6.00. The molecule has 0 spiro atoms. The number of hydrogen-bond donors (Lipinski definition) is 1. The van der Waals surface area contributed by atoms with Gasteiger partial charge in [-0.3, -0.25) is 0 Å². The van der Waals surface area contributed by atoms with Gasteiger partial charge in [0, 0.05) is 10.9 Å². The third-order valence-corrected chi connectivity index (χ3v) is 3.96. The Bertz CT molecular complexity index is 528. The predicted molar refractivity (Wildman–Crippen MR) is 73.7 cm³/mol. The molecule has 1 aromatic heterocycles. The monoisotopic (exact) mass is 327 g/mol. The number of furan rings is 1. The van der Waals surface area contributed by atoms with Crippen molar-refractivity contribution in [2.24, 2.45) is 0 Å². The minimum absolute atomic E-state index is 0.739. The zero-order valence-corrected chi connectivity index (χ0v) is 11.4. The molecule has 84 valence electrons. The SMILES string of the molecule is CNCc1oc2c(I)cccc2c1C1CC1. The van der Waals surface area contributed by atoms with E-state index in [0.29, 0.717) is 0 Å². The summed E-state index contributed by atoms with van der Waals surface area (Å²) in [7, 11) is 1.97. The molecule has 1 N–H and O–H groups in total. The fourth-order valence-electron chi connectivity index (χ4n) is 2.26. The average Bonchev–Trinajstić information content (AvgIpc) is 3.02. The van der Waals surface area contributed by atoms with Crippen LogP contribution < -0.4 is 5.32 Å². The minimum Gasteiger partial charge on any atom is -0.458 e. The van der Waals surface area contributed by atoms with Gasteiger partial charge in [0.05, 0.1) is 10.1 Å². The van der Waals surface area contributed by atoms with Crippen LogP contribution in [0.1, 0.15) is 30.1 Å². The van der Waals surface area contributed by atoms with Crippen LogP contribution in [-0.2, 0) is 6.54 Å². The lowest BCUT2D eigenvalue weighted by molar-refractivity contribution is 0.523. The summed E-state index contributed by atoms with van der Waals surface area (Å²) >= 11 is 2.35. The molecule has 16 heavy (non-hydrogen) atoms. The summed E-state index contributed by atoms with van der Waals surface area (Å²) in [5.41, 5.74) is 2.51. The highest BCUT2D eigenvalue weighted by molar-refractivity contribution is 14.1. The van der Waals surface area contributed by atoms with Crippen molar-refractivity contribution in [2.45, 2.75) is 25.3 Å². The van der Waals surface area contributed by atoms with Crippen molar-refractivity contribution in [3.05, 3.63) is 33.1 Å². The Morgan fingerprint density at radius 1 is 1.44 bits per heavy atom. The molecule has 1 saturated carbocycles. The van der Waals surface area contributed by atoms with Crippen LogP contribution in [0.15, 0.2) is 22.6 Å². The van der Waals surface area contributed by atoms with Gasteiger partial charge in [-0.15, -0.1) is 0 Å². The summed E-state index contributed by atoms with van der Waals surface area (Å²) in [6, 6.07) is 6.41. The second-order valence-electron chi connectivity index (χ2n) is 4.36. The number of para-hydroxylation sites is 1. The van der Waals surface area contributed by atoms with E-state index in [1.807, 2.05) is 7.05 Å². The Balaban J connectivity index is 2.24. The molecule has 0 atom stereocenters. The normalized spacial score (nSPS) is 15.9. The summed E-state index contributed by atoms with van der Waals surface area (Å²) in [5.74, 6) is 1.87. The summed E-state index contributed by atoms with van der Waals surface area (Å²) in [6.45, 7) is 0.830. The lowest BCUT2D eigenvalue weighted by atomic mass is 10.1. The second kappa shape index (κ2) is 4.04. The number of nitrogens with one attached hydrogen (secondary N) is 1. The molecule has 0 radical (unpaired) electrons. The van der Waals surface area contributed by atoms with Crippen LogP contribution >= 0.6 is 22.6 Å². The standard InChI is InChI=1S/C13H14INO/c1-15-7-11-12(8-5-6-8)9-3-2-4-10(14)13(9)16-11/h2-4,8,15H,5-7H2,1H3. The smallest absolute Gasteiger partial charge is 0.147 e. The van der Waals surface area contributed by atoms with Crippen LogP contribution in [0.3, 0.4) is 0 Å². The highest BCUT2D eigenvalue weighted by atomic mass is 127. The van der Waals surface area contributed by atoms with Gasteiger partial charge < -0.3 is 9.73 Å². The topological polar surface area (TPSA) is 25.2 Å². The van der Waals surface area contributed by atoms with Crippen molar-refractivity contribution in [3.8, 4) is 0 Å². The quantitative estimate of drug-likeness (QED) is 0.871. The van der Waals surface area contributed by atoms with E-state index in [9.17, 15) is 0 Å². The van der Waals surface area contributed by atoms with Gasteiger partial charge in [0.1, 0.15) is 11.3 Å². The van der Waals surface area contributed by atoms with E-state index in [4.69, 9.17) is 4.42 Å². The van der Waals surface area contributed by atoms with Gasteiger partial charge in [0.25, 0.3) is 0 Å². The zero-order chi connectivity index (χ0) is 11.1. The molecule has 1 aliphatic rings. The van der Waals surface area contributed by atoms with Crippen molar-refractivity contribution in [2.75, 3.05) is 7.05 Å². The molecule has 1 aromatic carbocycles. The molecule has 1 fully saturated rings. The molecule has 1 heterocycles. The fourth-order valence-corrected chi connectivity index (χ4v) is 2.87. The number of fused-ring (bicyclic) bond motifs is 1. The number of halogens is 1. The van der Waals surface area contributed by atoms with E-state index < -0.39 is 0 Å². The Labute approximate surface area is 109 Å². The average molecular weight is 327 g/mol. The maximum absolute atomic E-state index is 6.00. The van der Waals surface area contributed by atoms with Gasteiger partial charge >= 0.3 is 0 Å². The summed E-state index contributed by atoms with van der Waals surface area (Å²) in [5, 5.41) is 4.51. The molecule has 1 aliphatic carbocycles. The molecular weight excluding hydrogens is 313 g/mol. The third-order valence-electron chi connectivity index (χ3n) is 3.11. The van der Waals surface area contributed by atoms with Gasteiger partial charge in [-0.25, -0.2) is 0 Å². The largest absolute Gasteiger partial charge is 0.458 e. The summed E-state index contributed by atoms with van der Waals surface area (Å²) in [6.07, 6.45) is 2.63. The van der Waals surface area contributed by atoms with Gasteiger partial charge in [-0.2, -0.15) is 0 Å². The zero-order valence-electron chi connectivity index (χ0n) is 9.22. The molecule has 0 saturated heterocycles. The Morgan fingerprint density at radius 3 is 2.94 bits per heavy atom. The molecule has 3 heteroatoms. The first kappa shape index (κ1) is 10.6. The van der Waals surface area contributed by atoms with Crippen molar-refractivity contribution >= 4 is 33.6 Å². The Hall–Kier alpha value is -0.550. The van der Waals surface area contributed by atoms with E-state index in [0.717, 1.165) is 23.8 Å². The van der Waals surface area contributed by atoms with E-state index in [2.05, 4.69) is 46.1 Å². The van der Waals surface area contributed by atoms with Crippen LogP contribution in [0.4, 0.5) is 0 Å². The van der Waals surface area contributed by atoms with E-state index in [1.165, 1.54) is 27.4 Å². The van der Waals surface area contributed by atoms with E-state index >= 15 is 0 Å². The predicted octanol–water partition coefficient (Wildman–Crippen LogP) is 3.63. The van der Waals surface area contributed by atoms with Crippen LogP contribution in [0.2, 0.25) is 0 Å². The Kier molecular flexibility index (Phi) is 2.67. The molecule has 0 amide bonds. The lowest BCUT2D eigenvalue weighted by Gasteiger charge is -1.99. The molecule has 3 rings (SSSR count). The lowest BCUT2D eigenvalue weighted by Crippen LogP contribution is -2.05. The third kappa shape index (κ3) is 1.66. The van der Waals surface area contributed by atoms with Crippen LogP contribution in [0, 0.1) is 3.57 Å². The number of rotatable bonds is 3. The molecule has 0 bridgehead atoms. The van der Waals surface area contributed by atoms with Crippen LogP contribution in [0.25, 0.3) is 11.0 Å².